The highest BCUT2D eigenvalue weighted by molar-refractivity contribution is 7.98. The molecule has 4 nitrogen and oxygen atoms in total. The number of aromatic nitrogens is 2. The van der Waals surface area contributed by atoms with E-state index in [-0.39, 0.29) is 5.97 Å². The smallest absolute Gasteiger partial charge is 0.348 e. The third-order valence-corrected chi connectivity index (χ3v) is 4.77. The third-order valence-electron chi connectivity index (χ3n) is 3.06. The summed E-state index contributed by atoms with van der Waals surface area (Å²) in [5.41, 5.74) is 0.964. The van der Waals surface area contributed by atoms with E-state index in [0.717, 1.165) is 20.8 Å². The fourth-order valence-electron chi connectivity index (χ4n) is 2.07. The van der Waals surface area contributed by atoms with Gasteiger partial charge < -0.3 is 4.74 Å². The van der Waals surface area contributed by atoms with Crippen molar-refractivity contribution in [3.8, 4) is 11.4 Å². The predicted molar refractivity (Wildman–Crippen MR) is 90.6 cm³/mol. The minimum atomic E-state index is -0.307. The van der Waals surface area contributed by atoms with Crippen LogP contribution in [0.25, 0.3) is 21.6 Å². The molecule has 2 aromatic heterocycles. The highest BCUT2D eigenvalue weighted by Gasteiger charge is 2.16. The van der Waals surface area contributed by atoms with Crippen LogP contribution in [-0.4, -0.2) is 28.8 Å². The lowest BCUT2D eigenvalue weighted by atomic mass is 10.2. The Bertz CT molecular complexity index is 816. The van der Waals surface area contributed by atoms with Crippen LogP contribution in [0, 0.1) is 0 Å². The van der Waals surface area contributed by atoms with Crippen molar-refractivity contribution in [3.63, 3.8) is 0 Å². The van der Waals surface area contributed by atoms with Crippen molar-refractivity contribution in [1.29, 1.82) is 0 Å². The molecule has 0 aliphatic rings. The van der Waals surface area contributed by atoms with Crippen LogP contribution in [0.2, 0.25) is 0 Å². The van der Waals surface area contributed by atoms with Gasteiger partial charge in [-0.2, -0.15) is 0 Å². The van der Waals surface area contributed by atoms with E-state index < -0.39 is 0 Å². The molecule has 0 atom stereocenters. The lowest BCUT2D eigenvalue weighted by Gasteiger charge is -2.03. The lowest BCUT2D eigenvalue weighted by molar-refractivity contribution is 0.0532. The number of benzene rings is 1. The van der Waals surface area contributed by atoms with E-state index in [1.807, 2.05) is 42.7 Å². The molecule has 112 valence electrons. The van der Waals surface area contributed by atoms with E-state index in [0.29, 0.717) is 17.3 Å². The minimum Gasteiger partial charge on any atom is -0.462 e. The topological polar surface area (TPSA) is 52.1 Å². The predicted octanol–water partition coefficient (Wildman–Crippen LogP) is 4.26. The maximum absolute atomic E-state index is 11.9. The molecule has 0 saturated heterocycles. The molecule has 0 fully saturated rings. The highest BCUT2D eigenvalue weighted by Crippen LogP contribution is 2.32. The van der Waals surface area contributed by atoms with Crippen LogP contribution in [0.3, 0.4) is 0 Å². The second-order valence-corrected chi connectivity index (χ2v) is 6.30. The summed E-state index contributed by atoms with van der Waals surface area (Å²) in [4.78, 5) is 22.5. The normalized spacial score (nSPS) is 10.8. The number of fused-ring (bicyclic) bond motifs is 1. The van der Waals surface area contributed by atoms with Gasteiger partial charge in [0.15, 0.2) is 5.82 Å². The van der Waals surface area contributed by atoms with Crippen molar-refractivity contribution >= 4 is 39.3 Å². The Morgan fingerprint density at radius 1 is 1.27 bits per heavy atom. The van der Waals surface area contributed by atoms with Gasteiger partial charge in [0, 0.05) is 10.9 Å². The number of thiophene rings is 1. The van der Waals surface area contributed by atoms with Crippen LogP contribution in [0.1, 0.15) is 16.6 Å². The Morgan fingerprint density at radius 3 is 2.73 bits per heavy atom. The standard InChI is InChI=1S/C16H14N2O2S2/c1-3-20-16(19)12-9-11-14(21-2)17-13(18-15(11)22-12)10-7-5-4-6-8-10/h4-9H,3H2,1-2H3. The van der Waals surface area contributed by atoms with Crippen molar-refractivity contribution < 1.29 is 9.53 Å². The van der Waals surface area contributed by atoms with Gasteiger partial charge in [-0.25, -0.2) is 14.8 Å². The first-order valence-corrected chi connectivity index (χ1v) is 8.85. The number of ether oxygens (including phenoxy) is 1. The third kappa shape index (κ3) is 2.84. The molecule has 0 amide bonds. The Hall–Kier alpha value is -1.92. The molecule has 0 spiro atoms. The van der Waals surface area contributed by atoms with Crippen LogP contribution in [-0.2, 0) is 4.74 Å². The van der Waals surface area contributed by atoms with Gasteiger partial charge in [0.1, 0.15) is 14.7 Å². The van der Waals surface area contributed by atoms with E-state index in [1.54, 1.807) is 18.7 Å². The molecular formula is C16H14N2O2S2. The van der Waals surface area contributed by atoms with E-state index >= 15 is 0 Å². The molecule has 0 radical (unpaired) electrons. The molecule has 0 unspecified atom stereocenters. The summed E-state index contributed by atoms with van der Waals surface area (Å²) in [6.45, 7) is 2.16. The average molecular weight is 330 g/mol. The van der Waals surface area contributed by atoms with E-state index in [1.165, 1.54) is 11.3 Å². The van der Waals surface area contributed by atoms with Gasteiger partial charge in [-0.1, -0.05) is 30.3 Å². The van der Waals surface area contributed by atoms with Gasteiger partial charge >= 0.3 is 5.97 Å². The number of esters is 1. The average Bonchev–Trinajstić information content (AvgIpc) is 2.99. The molecule has 22 heavy (non-hydrogen) atoms. The maximum atomic E-state index is 11.9. The van der Waals surface area contributed by atoms with Crippen molar-refractivity contribution in [3.05, 3.63) is 41.3 Å². The number of hydrogen-bond donors (Lipinski definition) is 0. The van der Waals surface area contributed by atoms with Crippen molar-refractivity contribution in [2.45, 2.75) is 11.9 Å². The van der Waals surface area contributed by atoms with E-state index in [9.17, 15) is 4.79 Å². The summed E-state index contributed by atoms with van der Waals surface area (Å²) in [6.07, 6.45) is 1.97. The van der Waals surface area contributed by atoms with E-state index in [4.69, 9.17) is 4.74 Å². The molecule has 0 bridgehead atoms. The van der Waals surface area contributed by atoms with Crippen LogP contribution < -0.4 is 0 Å². The second-order valence-electron chi connectivity index (χ2n) is 4.47. The van der Waals surface area contributed by atoms with Gasteiger partial charge in [0.2, 0.25) is 0 Å². The Labute approximate surface area is 136 Å². The number of hydrogen-bond acceptors (Lipinski definition) is 6. The van der Waals surface area contributed by atoms with Gasteiger partial charge in [-0.3, -0.25) is 0 Å². The summed E-state index contributed by atoms with van der Waals surface area (Å²) in [5.74, 6) is 0.369. The minimum absolute atomic E-state index is 0.307. The summed E-state index contributed by atoms with van der Waals surface area (Å²) in [6, 6.07) is 11.6. The van der Waals surface area contributed by atoms with Gasteiger partial charge in [0.05, 0.1) is 6.61 Å². The molecule has 6 heteroatoms. The van der Waals surface area contributed by atoms with Crippen molar-refractivity contribution in [2.24, 2.45) is 0 Å². The number of rotatable bonds is 4. The fraction of sp³-hybridized carbons (Fsp3) is 0.188. The zero-order chi connectivity index (χ0) is 15.5. The lowest BCUT2D eigenvalue weighted by Crippen LogP contribution is -2.01. The molecular weight excluding hydrogens is 316 g/mol. The number of carbonyl (C=O) groups is 1. The Balaban J connectivity index is 2.13. The first-order chi connectivity index (χ1) is 10.7. The number of nitrogens with zero attached hydrogens (tertiary/aromatic N) is 2. The summed E-state index contributed by atoms with van der Waals surface area (Å²) in [5, 5.41) is 1.77. The molecule has 1 aromatic carbocycles. The molecule has 2 heterocycles. The first kappa shape index (κ1) is 15.0. The SMILES string of the molecule is CCOC(=O)c1cc2c(SC)nc(-c3ccccc3)nc2s1. The van der Waals surface area contributed by atoms with Crippen LogP contribution in [0.15, 0.2) is 41.4 Å². The van der Waals surface area contributed by atoms with Crippen LogP contribution in [0.4, 0.5) is 0 Å². The van der Waals surface area contributed by atoms with Gasteiger partial charge in [-0.15, -0.1) is 23.1 Å². The molecule has 0 saturated carbocycles. The Kier molecular flexibility index (Phi) is 4.40. The monoisotopic (exact) mass is 330 g/mol. The molecule has 0 aliphatic heterocycles. The highest BCUT2D eigenvalue weighted by atomic mass is 32.2. The molecule has 3 aromatic rings. The summed E-state index contributed by atoms with van der Waals surface area (Å²) < 4.78 is 5.06. The quantitative estimate of drug-likeness (QED) is 0.406. The summed E-state index contributed by atoms with van der Waals surface area (Å²) in [7, 11) is 0. The zero-order valence-electron chi connectivity index (χ0n) is 12.2. The largest absolute Gasteiger partial charge is 0.462 e. The maximum Gasteiger partial charge on any atom is 0.348 e. The molecule has 0 N–H and O–H groups in total. The van der Waals surface area contributed by atoms with Crippen LogP contribution in [0.5, 0.6) is 0 Å². The van der Waals surface area contributed by atoms with Crippen molar-refractivity contribution in [2.75, 3.05) is 12.9 Å². The molecule has 3 rings (SSSR count). The number of carbonyl (C=O) groups excluding carboxylic acids is 1. The van der Waals surface area contributed by atoms with Gasteiger partial charge in [-0.05, 0) is 19.2 Å². The second kappa shape index (κ2) is 6.46. The summed E-state index contributed by atoms with van der Waals surface area (Å²) >= 11 is 2.89. The first-order valence-electron chi connectivity index (χ1n) is 6.81. The van der Waals surface area contributed by atoms with Crippen molar-refractivity contribution in [1.82, 2.24) is 9.97 Å². The Morgan fingerprint density at radius 2 is 2.05 bits per heavy atom. The van der Waals surface area contributed by atoms with Crippen LogP contribution >= 0.6 is 23.1 Å². The fourth-order valence-corrected chi connectivity index (χ4v) is 3.61. The van der Waals surface area contributed by atoms with E-state index in [2.05, 4.69) is 9.97 Å². The molecule has 0 aliphatic carbocycles. The number of thioether (sulfide) groups is 1. The zero-order valence-corrected chi connectivity index (χ0v) is 13.8. The van der Waals surface area contributed by atoms with Gasteiger partial charge in [0.25, 0.3) is 0 Å².